The van der Waals surface area contributed by atoms with Gasteiger partial charge >= 0.3 is 0 Å². The van der Waals surface area contributed by atoms with Crippen molar-refractivity contribution in [1.29, 1.82) is 0 Å². The molecule has 0 aliphatic heterocycles. The summed E-state index contributed by atoms with van der Waals surface area (Å²) in [5.41, 5.74) is 0. The highest BCUT2D eigenvalue weighted by Gasteiger charge is 2.40. The fourth-order valence-electron chi connectivity index (χ4n) is 2.01. The summed E-state index contributed by atoms with van der Waals surface area (Å²) in [6.07, 6.45) is 1.34. The minimum atomic E-state index is 0.499. The highest BCUT2D eigenvalue weighted by molar-refractivity contribution is 9.10. The maximum absolute atomic E-state index is 6.08. The fourth-order valence-corrected chi connectivity index (χ4v) is 3.90. The predicted molar refractivity (Wildman–Crippen MR) is 70.7 cm³/mol. The Kier molecular flexibility index (Phi) is 3.76. The van der Waals surface area contributed by atoms with Gasteiger partial charge < -0.3 is 5.32 Å². The van der Waals surface area contributed by atoms with E-state index in [0.29, 0.717) is 6.04 Å². The Hall–Kier alpha value is 0.430. The van der Waals surface area contributed by atoms with Crippen LogP contribution in [0.25, 0.3) is 0 Å². The number of rotatable bonds is 4. The zero-order chi connectivity index (χ0) is 11.0. The van der Waals surface area contributed by atoms with Crippen molar-refractivity contribution >= 4 is 38.9 Å². The molecule has 1 aromatic heterocycles. The normalized spacial score (nSPS) is 26.7. The predicted octanol–water partition coefficient (Wildman–Crippen LogP) is 4.47. The maximum Gasteiger partial charge on any atom is 0.107 e. The molecular formula is C11H15BrClNS. The van der Waals surface area contributed by atoms with E-state index in [9.17, 15) is 0 Å². The van der Waals surface area contributed by atoms with Crippen molar-refractivity contribution in [3.05, 3.63) is 19.8 Å². The average molecular weight is 309 g/mol. The third kappa shape index (κ3) is 2.57. The van der Waals surface area contributed by atoms with Crippen molar-refractivity contribution in [2.75, 3.05) is 6.54 Å². The Balaban J connectivity index is 2.16. The molecule has 1 saturated carbocycles. The zero-order valence-corrected chi connectivity index (χ0v) is 12.0. The lowest BCUT2D eigenvalue weighted by Gasteiger charge is -2.15. The van der Waals surface area contributed by atoms with Crippen LogP contribution in [0, 0.1) is 11.8 Å². The number of hydrogen-bond donors (Lipinski definition) is 1. The quantitative estimate of drug-likeness (QED) is 0.865. The minimum Gasteiger partial charge on any atom is -0.309 e. The molecule has 1 fully saturated rings. The second-order valence-electron chi connectivity index (χ2n) is 4.18. The first-order chi connectivity index (χ1) is 7.13. The van der Waals surface area contributed by atoms with Crippen molar-refractivity contribution in [2.45, 2.75) is 26.3 Å². The van der Waals surface area contributed by atoms with E-state index in [2.05, 4.69) is 41.2 Å². The average Bonchev–Trinajstić information content (AvgIpc) is 2.81. The number of hydrogen-bond acceptors (Lipinski definition) is 2. The third-order valence-corrected chi connectivity index (χ3v) is 5.55. The van der Waals surface area contributed by atoms with Gasteiger partial charge in [0.05, 0.1) is 0 Å². The van der Waals surface area contributed by atoms with E-state index in [-0.39, 0.29) is 0 Å². The molecule has 0 amide bonds. The number of thiophene rings is 1. The zero-order valence-electron chi connectivity index (χ0n) is 8.89. The van der Waals surface area contributed by atoms with Gasteiger partial charge in [-0.05, 0) is 46.8 Å². The van der Waals surface area contributed by atoms with E-state index in [1.807, 2.05) is 0 Å². The van der Waals surface area contributed by atoms with Crippen LogP contribution in [0.15, 0.2) is 10.5 Å². The second kappa shape index (κ2) is 4.74. The molecule has 0 spiro atoms. The molecular weight excluding hydrogens is 294 g/mol. The SMILES string of the molecule is CCNC(c1cc(Br)c(Cl)s1)C1CC1C. The van der Waals surface area contributed by atoms with Gasteiger partial charge in [-0.1, -0.05) is 25.4 Å². The van der Waals surface area contributed by atoms with Crippen molar-refractivity contribution < 1.29 is 0 Å². The van der Waals surface area contributed by atoms with Crippen LogP contribution >= 0.6 is 38.9 Å². The standard InChI is InChI=1S/C11H15BrClNS/c1-3-14-10(7-4-6(7)2)9-5-8(12)11(13)15-9/h5-7,10,14H,3-4H2,1-2H3. The minimum absolute atomic E-state index is 0.499. The second-order valence-corrected chi connectivity index (χ2v) is 6.72. The highest BCUT2D eigenvalue weighted by atomic mass is 79.9. The van der Waals surface area contributed by atoms with Crippen LogP contribution in [-0.4, -0.2) is 6.54 Å². The summed E-state index contributed by atoms with van der Waals surface area (Å²) in [4.78, 5) is 1.36. The molecule has 4 heteroatoms. The van der Waals surface area contributed by atoms with E-state index >= 15 is 0 Å². The topological polar surface area (TPSA) is 12.0 Å². The van der Waals surface area contributed by atoms with E-state index in [1.165, 1.54) is 11.3 Å². The lowest BCUT2D eigenvalue weighted by molar-refractivity contribution is 0.483. The van der Waals surface area contributed by atoms with Crippen LogP contribution in [0.4, 0.5) is 0 Å². The van der Waals surface area contributed by atoms with Crippen LogP contribution in [0.2, 0.25) is 4.34 Å². The van der Waals surface area contributed by atoms with Gasteiger partial charge in [-0.25, -0.2) is 0 Å². The summed E-state index contributed by atoms with van der Waals surface area (Å²) in [6, 6.07) is 2.66. The first-order valence-corrected chi connectivity index (χ1v) is 7.30. The van der Waals surface area contributed by atoms with Gasteiger partial charge in [0.15, 0.2) is 0 Å². The number of halogens is 2. The highest BCUT2D eigenvalue weighted by Crippen LogP contribution is 2.49. The van der Waals surface area contributed by atoms with Crippen LogP contribution in [0.5, 0.6) is 0 Å². The lowest BCUT2D eigenvalue weighted by atomic mass is 10.1. The van der Waals surface area contributed by atoms with Crippen LogP contribution in [-0.2, 0) is 0 Å². The molecule has 1 aromatic rings. The molecule has 3 atom stereocenters. The van der Waals surface area contributed by atoms with Gasteiger partial charge in [0.2, 0.25) is 0 Å². The summed E-state index contributed by atoms with van der Waals surface area (Å²) >= 11 is 11.2. The Morgan fingerprint density at radius 3 is 2.80 bits per heavy atom. The molecule has 84 valence electrons. The molecule has 15 heavy (non-hydrogen) atoms. The molecule has 0 aromatic carbocycles. The van der Waals surface area contributed by atoms with Gasteiger partial charge in [0.1, 0.15) is 4.34 Å². The molecule has 0 radical (unpaired) electrons. The number of nitrogens with one attached hydrogen (secondary N) is 1. The van der Waals surface area contributed by atoms with Crippen LogP contribution in [0.1, 0.15) is 31.2 Å². The summed E-state index contributed by atoms with van der Waals surface area (Å²) < 4.78 is 1.89. The summed E-state index contributed by atoms with van der Waals surface area (Å²) in [7, 11) is 0. The Morgan fingerprint density at radius 2 is 2.40 bits per heavy atom. The Bertz CT molecular complexity index is 333. The molecule has 0 saturated heterocycles. The first kappa shape index (κ1) is 11.9. The lowest BCUT2D eigenvalue weighted by Crippen LogP contribution is -2.22. The fraction of sp³-hybridized carbons (Fsp3) is 0.636. The summed E-state index contributed by atoms with van der Waals surface area (Å²) in [5, 5.41) is 3.56. The van der Waals surface area contributed by atoms with Crippen molar-refractivity contribution in [3.63, 3.8) is 0 Å². The van der Waals surface area contributed by atoms with Gasteiger partial charge in [0, 0.05) is 15.4 Å². The summed E-state index contributed by atoms with van der Waals surface area (Å²) in [6.45, 7) is 5.49. The molecule has 1 nitrogen and oxygen atoms in total. The van der Waals surface area contributed by atoms with E-state index < -0.39 is 0 Å². The van der Waals surface area contributed by atoms with Crippen molar-refractivity contribution in [1.82, 2.24) is 5.32 Å². The molecule has 1 aliphatic carbocycles. The van der Waals surface area contributed by atoms with Crippen molar-refractivity contribution in [2.24, 2.45) is 11.8 Å². The largest absolute Gasteiger partial charge is 0.309 e. The van der Waals surface area contributed by atoms with Gasteiger partial charge in [0.25, 0.3) is 0 Å². The van der Waals surface area contributed by atoms with E-state index in [4.69, 9.17) is 11.6 Å². The maximum atomic E-state index is 6.08. The Morgan fingerprint density at radius 1 is 1.73 bits per heavy atom. The molecule has 1 aliphatic rings. The molecule has 2 rings (SSSR count). The van der Waals surface area contributed by atoms with E-state index in [1.54, 1.807) is 11.3 Å². The van der Waals surface area contributed by atoms with Gasteiger partial charge in [-0.15, -0.1) is 11.3 Å². The van der Waals surface area contributed by atoms with Crippen LogP contribution < -0.4 is 5.32 Å². The van der Waals surface area contributed by atoms with Gasteiger partial charge in [-0.3, -0.25) is 0 Å². The van der Waals surface area contributed by atoms with E-state index in [0.717, 1.165) is 27.2 Å². The van der Waals surface area contributed by atoms with Gasteiger partial charge in [-0.2, -0.15) is 0 Å². The smallest absolute Gasteiger partial charge is 0.107 e. The monoisotopic (exact) mass is 307 g/mol. The van der Waals surface area contributed by atoms with Crippen LogP contribution in [0.3, 0.4) is 0 Å². The van der Waals surface area contributed by atoms with Crippen molar-refractivity contribution in [3.8, 4) is 0 Å². The summed E-state index contributed by atoms with van der Waals surface area (Å²) in [5.74, 6) is 1.65. The molecule has 1 heterocycles. The first-order valence-electron chi connectivity index (χ1n) is 5.31. The molecule has 0 bridgehead atoms. The third-order valence-electron chi connectivity index (χ3n) is 2.99. The molecule has 1 N–H and O–H groups in total. The Labute approximate surface area is 108 Å². The molecule has 3 unspecified atom stereocenters.